The number of carbonyl (C=O) groups excluding carboxylic acids is 2. The third-order valence-corrected chi connectivity index (χ3v) is 4.32. The van der Waals surface area contributed by atoms with Crippen molar-refractivity contribution in [2.24, 2.45) is 0 Å². The Kier molecular flexibility index (Phi) is 4.23. The van der Waals surface area contributed by atoms with Crippen molar-refractivity contribution >= 4 is 11.7 Å². The highest BCUT2D eigenvalue weighted by Crippen LogP contribution is 2.25. The van der Waals surface area contributed by atoms with E-state index in [1.165, 1.54) is 12.8 Å². The van der Waals surface area contributed by atoms with Crippen molar-refractivity contribution in [1.82, 2.24) is 5.32 Å². The Morgan fingerprint density at radius 1 is 1.19 bits per heavy atom. The molecule has 0 atom stereocenters. The molecule has 2 aliphatic carbocycles. The number of hydrogen-bond acceptors (Lipinski definition) is 3. The van der Waals surface area contributed by atoms with E-state index in [0.717, 1.165) is 36.8 Å². The van der Waals surface area contributed by atoms with Gasteiger partial charge in [0.25, 0.3) is 5.91 Å². The van der Waals surface area contributed by atoms with Crippen LogP contribution in [0.2, 0.25) is 0 Å². The zero-order valence-electron chi connectivity index (χ0n) is 12.2. The molecule has 1 fully saturated rings. The molecule has 1 saturated carbocycles. The van der Waals surface area contributed by atoms with Crippen molar-refractivity contribution in [2.45, 2.75) is 51.0 Å². The quantitative estimate of drug-likeness (QED) is 0.926. The van der Waals surface area contributed by atoms with Gasteiger partial charge in [0.1, 0.15) is 5.75 Å². The SMILES string of the molecule is O=C(COc1ccc2c(c1)C(=O)CCC2)NC1CCCC1. The Morgan fingerprint density at radius 2 is 2.00 bits per heavy atom. The van der Waals surface area contributed by atoms with E-state index < -0.39 is 0 Å². The molecule has 0 aliphatic heterocycles. The van der Waals surface area contributed by atoms with Gasteiger partial charge in [0.05, 0.1) is 0 Å². The van der Waals surface area contributed by atoms with Crippen molar-refractivity contribution in [3.63, 3.8) is 0 Å². The summed E-state index contributed by atoms with van der Waals surface area (Å²) in [6, 6.07) is 5.88. The molecular weight excluding hydrogens is 266 g/mol. The summed E-state index contributed by atoms with van der Waals surface area (Å²) < 4.78 is 5.53. The lowest BCUT2D eigenvalue weighted by Crippen LogP contribution is -2.36. The monoisotopic (exact) mass is 287 g/mol. The van der Waals surface area contributed by atoms with Gasteiger partial charge in [0.15, 0.2) is 12.4 Å². The van der Waals surface area contributed by atoms with Crippen LogP contribution in [0.15, 0.2) is 18.2 Å². The van der Waals surface area contributed by atoms with Gasteiger partial charge in [-0.15, -0.1) is 0 Å². The van der Waals surface area contributed by atoms with Crippen molar-refractivity contribution < 1.29 is 14.3 Å². The van der Waals surface area contributed by atoms with E-state index in [1.807, 2.05) is 12.1 Å². The van der Waals surface area contributed by atoms with Gasteiger partial charge in [-0.1, -0.05) is 18.9 Å². The van der Waals surface area contributed by atoms with E-state index in [1.54, 1.807) is 6.07 Å². The molecule has 1 aromatic carbocycles. The second-order valence-electron chi connectivity index (χ2n) is 5.93. The van der Waals surface area contributed by atoms with Crippen LogP contribution in [-0.2, 0) is 11.2 Å². The molecule has 1 N–H and O–H groups in total. The largest absolute Gasteiger partial charge is 0.484 e. The molecular formula is C17H21NO3. The molecule has 0 bridgehead atoms. The summed E-state index contributed by atoms with van der Waals surface area (Å²) in [7, 11) is 0. The minimum atomic E-state index is -0.0778. The number of benzene rings is 1. The van der Waals surface area contributed by atoms with Gasteiger partial charge in [0, 0.05) is 18.0 Å². The second kappa shape index (κ2) is 6.29. The zero-order valence-corrected chi connectivity index (χ0v) is 12.2. The van der Waals surface area contributed by atoms with Crippen LogP contribution in [0.5, 0.6) is 5.75 Å². The van der Waals surface area contributed by atoms with Gasteiger partial charge in [-0.25, -0.2) is 0 Å². The maximum absolute atomic E-state index is 11.9. The topological polar surface area (TPSA) is 55.4 Å². The molecule has 0 unspecified atom stereocenters. The molecule has 4 heteroatoms. The number of fused-ring (bicyclic) bond motifs is 1. The van der Waals surface area contributed by atoms with Crippen LogP contribution in [0.1, 0.15) is 54.4 Å². The third kappa shape index (κ3) is 3.43. The first-order valence-corrected chi connectivity index (χ1v) is 7.80. The second-order valence-corrected chi connectivity index (χ2v) is 5.93. The van der Waals surface area contributed by atoms with Crippen LogP contribution in [0, 0.1) is 0 Å². The van der Waals surface area contributed by atoms with Crippen LogP contribution < -0.4 is 10.1 Å². The summed E-state index contributed by atoms with van der Waals surface area (Å²) in [5.74, 6) is 0.702. The number of carbonyl (C=O) groups is 2. The first-order chi connectivity index (χ1) is 10.2. The molecule has 0 aromatic heterocycles. The number of ketones is 1. The molecule has 0 radical (unpaired) electrons. The number of ether oxygens (including phenoxy) is 1. The predicted octanol–water partition coefficient (Wildman–Crippen LogP) is 2.64. The molecule has 1 amide bonds. The first kappa shape index (κ1) is 14.1. The molecule has 3 rings (SSSR count). The van der Waals surface area contributed by atoms with Crippen LogP contribution in [0.4, 0.5) is 0 Å². The average molecular weight is 287 g/mol. The first-order valence-electron chi connectivity index (χ1n) is 7.80. The number of rotatable bonds is 4. The van der Waals surface area contributed by atoms with Crippen molar-refractivity contribution in [3.05, 3.63) is 29.3 Å². The van der Waals surface area contributed by atoms with Gasteiger partial charge in [0.2, 0.25) is 0 Å². The van der Waals surface area contributed by atoms with E-state index >= 15 is 0 Å². The highest BCUT2D eigenvalue weighted by molar-refractivity contribution is 5.98. The number of Topliss-reactive ketones (excluding diaryl/α,β-unsaturated/α-hetero) is 1. The van der Waals surface area contributed by atoms with E-state index in [4.69, 9.17) is 4.74 Å². The van der Waals surface area contributed by atoms with E-state index in [-0.39, 0.29) is 18.3 Å². The zero-order chi connectivity index (χ0) is 14.7. The highest BCUT2D eigenvalue weighted by atomic mass is 16.5. The number of aryl methyl sites for hydroxylation is 1. The minimum absolute atomic E-state index is 0.0173. The molecule has 4 nitrogen and oxygen atoms in total. The van der Waals surface area contributed by atoms with Crippen LogP contribution in [0.3, 0.4) is 0 Å². The van der Waals surface area contributed by atoms with E-state index in [9.17, 15) is 9.59 Å². The van der Waals surface area contributed by atoms with Crippen molar-refractivity contribution in [3.8, 4) is 5.75 Å². The maximum Gasteiger partial charge on any atom is 0.258 e. The average Bonchev–Trinajstić information content (AvgIpc) is 2.98. The lowest BCUT2D eigenvalue weighted by molar-refractivity contribution is -0.123. The fourth-order valence-corrected chi connectivity index (χ4v) is 3.19. The highest BCUT2D eigenvalue weighted by Gasteiger charge is 2.19. The normalized spacial score (nSPS) is 18.4. The number of amides is 1. The molecule has 0 spiro atoms. The smallest absolute Gasteiger partial charge is 0.258 e. The molecule has 0 saturated heterocycles. The Morgan fingerprint density at radius 3 is 2.81 bits per heavy atom. The van der Waals surface area contributed by atoms with E-state index in [0.29, 0.717) is 18.2 Å². The lowest BCUT2D eigenvalue weighted by Gasteiger charge is -2.16. The molecule has 2 aliphatic rings. The summed E-state index contributed by atoms with van der Waals surface area (Å²) in [5.41, 5.74) is 1.85. The number of nitrogens with one attached hydrogen (secondary N) is 1. The predicted molar refractivity (Wildman–Crippen MR) is 79.6 cm³/mol. The Hall–Kier alpha value is -1.84. The van der Waals surface area contributed by atoms with Crippen LogP contribution in [0.25, 0.3) is 0 Å². The number of hydrogen-bond donors (Lipinski definition) is 1. The maximum atomic E-state index is 11.9. The molecule has 1 aromatic rings. The summed E-state index contributed by atoms with van der Waals surface area (Å²) in [6.45, 7) is 0.0173. The van der Waals surface area contributed by atoms with Crippen LogP contribution >= 0.6 is 0 Å². The van der Waals surface area contributed by atoms with Gasteiger partial charge < -0.3 is 10.1 Å². The van der Waals surface area contributed by atoms with Gasteiger partial charge in [-0.3, -0.25) is 9.59 Å². The molecule has 0 heterocycles. The molecule has 21 heavy (non-hydrogen) atoms. The van der Waals surface area contributed by atoms with E-state index in [2.05, 4.69) is 5.32 Å². The fourth-order valence-electron chi connectivity index (χ4n) is 3.19. The lowest BCUT2D eigenvalue weighted by atomic mass is 9.90. The van der Waals surface area contributed by atoms with Gasteiger partial charge in [-0.05, 0) is 43.4 Å². The fraction of sp³-hybridized carbons (Fsp3) is 0.529. The molecule has 112 valence electrons. The summed E-state index contributed by atoms with van der Waals surface area (Å²) in [6.07, 6.45) is 7.01. The van der Waals surface area contributed by atoms with Crippen molar-refractivity contribution in [1.29, 1.82) is 0 Å². The summed E-state index contributed by atoms with van der Waals surface area (Å²) in [4.78, 5) is 23.7. The van der Waals surface area contributed by atoms with Gasteiger partial charge in [-0.2, -0.15) is 0 Å². The summed E-state index contributed by atoms with van der Waals surface area (Å²) >= 11 is 0. The van der Waals surface area contributed by atoms with Crippen LogP contribution in [-0.4, -0.2) is 24.3 Å². The standard InChI is InChI=1S/C17H21NO3/c19-16-7-3-4-12-8-9-14(10-15(12)16)21-11-17(20)18-13-5-1-2-6-13/h8-10,13H,1-7,11H2,(H,18,20). The minimum Gasteiger partial charge on any atom is -0.484 e. The Balaban J connectivity index is 1.56. The van der Waals surface area contributed by atoms with Crippen molar-refractivity contribution in [2.75, 3.05) is 6.61 Å². The Labute approximate surface area is 124 Å². The third-order valence-electron chi connectivity index (χ3n) is 4.32. The Bertz CT molecular complexity index is 547. The summed E-state index contributed by atoms with van der Waals surface area (Å²) in [5, 5.41) is 2.99. The van der Waals surface area contributed by atoms with Gasteiger partial charge >= 0.3 is 0 Å².